The van der Waals surface area contributed by atoms with Gasteiger partial charge >= 0.3 is 5.97 Å². The summed E-state index contributed by atoms with van der Waals surface area (Å²) < 4.78 is 32.2. The Balaban J connectivity index is 2.71. The molecule has 0 aromatic carbocycles. The Morgan fingerprint density at radius 2 is 2.11 bits per heavy atom. The number of ether oxygens (including phenoxy) is 1. The van der Waals surface area contributed by atoms with E-state index in [0.29, 0.717) is 0 Å². The van der Waals surface area contributed by atoms with Crippen LogP contribution in [0.5, 0.6) is 0 Å². The number of carbonyl (C=O) groups excluding carboxylic acids is 1. The van der Waals surface area contributed by atoms with Gasteiger partial charge in [0.05, 0.1) is 6.61 Å². The van der Waals surface area contributed by atoms with Crippen LogP contribution in [-0.4, -0.2) is 21.0 Å². The van der Waals surface area contributed by atoms with Crippen LogP contribution in [0.25, 0.3) is 0 Å². The van der Waals surface area contributed by atoms with Gasteiger partial charge in [-0.3, -0.25) is 0 Å². The van der Waals surface area contributed by atoms with Gasteiger partial charge < -0.3 is 9.15 Å². The van der Waals surface area contributed by atoms with Crippen LogP contribution in [0.2, 0.25) is 0 Å². The molecule has 1 rings (SSSR count). The lowest BCUT2D eigenvalue weighted by atomic mass is 10.3. The summed E-state index contributed by atoms with van der Waals surface area (Å²) in [5.41, 5.74) is 0. The van der Waals surface area contributed by atoms with Gasteiger partial charge in [-0.25, -0.2) is 13.2 Å². The second-order valence-corrected chi connectivity index (χ2v) is 6.35. The van der Waals surface area contributed by atoms with Crippen molar-refractivity contribution in [2.75, 3.05) is 6.61 Å². The van der Waals surface area contributed by atoms with Gasteiger partial charge in [0.25, 0.3) is 9.05 Å². The number of unbranched alkanes of at least 4 members (excludes halogenated alkanes) is 2. The van der Waals surface area contributed by atoms with Gasteiger partial charge in [-0.1, -0.05) is 19.8 Å². The van der Waals surface area contributed by atoms with Crippen LogP contribution in [0, 0.1) is 6.92 Å². The SMILES string of the molecule is CCCCCOC(=O)c1cc(S(=O)(=O)Cl)c(C)o1. The van der Waals surface area contributed by atoms with E-state index in [1.54, 1.807) is 0 Å². The Morgan fingerprint density at radius 1 is 1.44 bits per heavy atom. The van der Waals surface area contributed by atoms with E-state index in [1.807, 2.05) is 6.92 Å². The summed E-state index contributed by atoms with van der Waals surface area (Å²) in [5, 5.41) is 0. The molecule has 18 heavy (non-hydrogen) atoms. The van der Waals surface area contributed by atoms with Gasteiger partial charge in [-0.15, -0.1) is 0 Å². The summed E-state index contributed by atoms with van der Waals surface area (Å²) in [5.74, 6) is -0.755. The molecule has 0 aliphatic heterocycles. The second kappa shape index (κ2) is 6.24. The van der Waals surface area contributed by atoms with E-state index in [2.05, 4.69) is 0 Å². The lowest BCUT2D eigenvalue weighted by Crippen LogP contribution is -2.05. The maximum atomic E-state index is 11.5. The number of hydrogen-bond acceptors (Lipinski definition) is 5. The van der Waals surface area contributed by atoms with Crippen molar-refractivity contribution < 1.29 is 22.4 Å². The number of hydrogen-bond donors (Lipinski definition) is 0. The average molecular weight is 295 g/mol. The summed E-state index contributed by atoms with van der Waals surface area (Å²) in [6, 6.07) is 1.08. The number of halogens is 1. The van der Waals surface area contributed by atoms with Crippen molar-refractivity contribution in [2.45, 2.75) is 38.0 Å². The Bertz CT molecular complexity index is 518. The first kappa shape index (κ1) is 15.0. The van der Waals surface area contributed by atoms with E-state index in [1.165, 1.54) is 6.92 Å². The van der Waals surface area contributed by atoms with Gasteiger partial charge in [-0.05, 0) is 13.3 Å². The summed E-state index contributed by atoms with van der Waals surface area (Å²) in [4.78, 5) is 11.3. The van der Waals surface area contributed by atoms with E-state index < -0.39 is 15.0 Å². The Hall–Kier alpha value is -1.01. The van der Waals surface area contributed by atoms with Gasteiger partial charge in [-0.2, -0.15) is 0 Å². The smallest absolute Gasteiger partial charge is 0.374 e. The van der Waals surface area contributed by atoms with Gasteiger partial charge in [0, 0.05) is 16.7 Å². The summed E-state index contributed by atoms with van der Waals surface area (Å²) in [6.45, 7) is 3.74. The molecule has 5 nitrogen and oxygen atoms in total. The minimum Gasteiger partial charge on any atom is -0.460 e. The molecular formula is C11H15ClO5S. The molecule has 0 amide bonds. The zero-order chi connectivity index (χ0) is 13.8. The van der Waals surface area contributed by atoms with E-state index in [9.17, 15) is 13.2 Å². The number of furan rings is 1. The zero-order valence-corrected chi connectivity index (χ0v) is 11.8. The van der Waals surface area contributed by atoms with Crippen LogP contribution < -0.4 is 0 Å². The van der Waals surface area contributed by atoms with Crippen molar-refractivity contribution in [1.82, 2.24) is 0 Å². The van der Waals surface area contributed by atoms with Crippen LogP contribution >= 0.6 is 10.7 Å². The summed E-state index contributed by atoms with van der Waals surface area (Å²) in [6.07, 6.45) is 2.75. The van der Waals surface area contributed by atoms with Crippen molar-refractivity contribution in [3.63, 3.8) is 0 Å². The average Bonchev–Trinajstić information content (AvgIpc) is 2.66. The normalized spacial score (nSPS) is 11.5. The topological polar surface area (TPSA) is 73.6 Å². The van der Waals surface area contributed by atoms with E-state index >= 15 is 0 Å². The molecule has 102 valence electrons. The Labute approximate surface area is 110 Å². The maximum Gasteiger partial charge on any atom is 0.374 e. The summed E-state index contributed by atoms with van der Waals surface area (Å²) in [7, 11) is 1.28. The molecule has 1 heterocycles. The van der Waals surface area contributed by atoms with Crippen molar-refractivity contribution in [3.05, 3.63) is 17.6 Å². The van der Waals surface area contributed by atoms with Gasteiger partial charge in [0.2, 0.25) is 5.76 Å². The highest BCUT2D eigenvalue weighted by Gasteiger charge is 2.22. The zero-order valence-electron chi connectivity index (χ0n) is 10.2. The molecular weight excluding hydrogens is 280 g/mol. The third-order valence-corrected chi connectivity index (χ3v) is 3.75. The molecule has 7 heteroatoms. The third-order valence-electron chi connectivity index (χ3n) is 2.32. The molecule has 0 aliphatic carbocycles. The first-order valence-corrected chi connectivity index (χ1v) is 7.89. The van der Waals surface area contributed by atoms with Crippen LogP contribution in [0.4, 0.5) is 0 Å². The van der Waals surface area contributed by atoms with Crippen LogP contribution in [0.3, 0.4) is 0 Å². The molecule has 0 spiro atoms. The Morgan fingerprint density at radius 3 is 2.61 bits per heavy atom. The predicted molar refractivity (Wildman–Crippen MR) is 66.3 cm³/mol. The number of carbonyl (C=O) groups is 1. The molecule has 0 unspecified atom stereocenters. The minimum atomic E-state index is -3.90. The van der Waals surface area contributed by atoms with Gasteiger partial charge in [0.15, 0.2) is 0 Å². The fourth-order valence-electron chi connectivity index (χ4n) is 1.40. The second-order valence-electron chi connectivity index (χ2n) is 3.81. The highest BCUT2D eigenvalue weighted by molar-refractivity contribution is 8.13. The number of aryl methyl sites for hydroxylation is 1. The van der Waals surface area contributed by atoms with Crippen LogP contribution in [0.1, 0.15) is 42.5 Å². The minimum absolute atomic E-state index is 0.0745. The molecule has 1 aromatic heterocycles. The molecule has 0 aliphatic rings. The summed E-state index contributed by atoms with van der Waals surface area (Å²) >= 11 is 0. The van der Waals surface area contributed by atoms with E-state index in [4.69, 9.17) is 19.8 Å². The van der Waals surface area contributed by atoms with Crippen molar-refractivity contribution in [3.8, 4) is 0 Å². The fourth-order valence-corrected chi connectivity index (χ4v) is 2.49. The number of rotatable bonds is 6. The molecule has 0 radical (unpaired) electrons. The quantitative estimate of drug-likeness (QED) is 0.458. The fraction of sp³-hybridized carbons (Fsp3) is 0.545. The molecule has 0 bridgehead atoms. The highest BCUT2D eigenvalue weighted by atomic mass is 35.7. The van der Waals surface area contributed by atoms with Gasteiger partial charge in [0.1, 0.15) is 10.7 Å². The van der Waals surface area contributed by atoms with Crippen LogP contribution in [0.15, 0.2) is 15.4 Å². The maximum absolute atomic E-state index is 11.5. The van der Waals surface area contributed by atoms with E-state index in [0.717, 1.165) is 25.3 Å². The first-order chi connectivity index (χ1) is 8.36. The largest absolute Gasteiger partial charge is 0.460 e. The Kier molecular flexibility index (Phi) is 5.22. The standard InChI is InChI=1S/C11H15ClO5S/c1-3-4-5-6-16-11(13)9-7-10(8(2)17-9)18(12,14)15/h7H,3-6H2,1-2H3. The molecule has 0 atom stereocenters. The highest BCUT2D eigenvalue weighted by Crippen LogP contribution is 2.23. The molecule has 0 saturated carbocycles. The third kappa shape index (κ3) is 4.03. The van der Waals surface area contributed by atoms with Crippen molar-refractivity contribution >= 4 is 25.7 Å². The first-order valence-electron chi connectivity index (χ1n) is 5.58. The van der Waals surface area contributed by atoms with E-state index in [-0.39, 0.29) is 23.0 Å². The van der Waals surface area contributed by atoms with Crippen molar-refractivity contribution in [2.24, 2.45) is 0 Å². The molecule has 0 fully saturated rings. The molecule has 0 N–H and O–H groups in total. The molecule has 1 aromatic rings. The monoisotopic (exact) mass is 294 g/mol. The lowest BCUT2D eigenvalue weighted by molar-refractivity contribution is 0.0460. The van der Waals surface area contributed by atoms with Crippen LogP contribution in [-0.2, 0) is 13.8 Å². The predicted octanol–water partition coefficient (Wildman–Crippen LogP) is 2.86. The number of esters is 1. The lowest BCUT2D eigenvalue weighted by Gasteiger charge is -2.01. The molecule has 0 saturated heterocycles. The van der Waals surface area contributed by atoms with Crippen molar-refractivity contribution in [1.29, 1.82) is 0 Å².